The molecule has 1 aromatic rings. The van der Waals surface area contributed by atoms with Crippen LogP contribution in [0.1, 0.15) is 96.0 Å². The zero-order chi connectivity index (χ0) is 25.1. The first-order chi connectivity index (χ1) is 16.6. The maximum atomic E-state index is 12.8. The highest BCUT2D eigenvalue weighted by Gasteiger charge is 2.71. The molecule has 2 N–H and O–H groups in total. The number of hydrogen-bond acceptors (Lipinski definition) is 7. The molecular formula is C28H38O7. The Bertz CT molecular complexity index is 1030. The molecule has 0 aliphatic heterocycles. The fourth-order valence-corrected chi connectivity index (χ4v) is 8.78. The number of aldehydes is 1. The summed E-state index contributed by atoms with van der Waals surface area (Å²) in [6, 6.07) is 3.25. The third-order valence-electron chi connectivity index (χ3n) is 10.6. The topological polar surface area (TPSA) is 114 Å². The minimum absolute atomic E-state index is 0.0690. The lowest BCUT2D eigenvalue weighted by molar-refractivity contribution is -0.248. The van der Waals surface area contributed by atoms with E-state index in [1.807, 2.05) is 13.0 Å². The predicted octanol–water partition coefficient (Wildman–Crippen LogP) is 3.89. The number of hydrogen-bond donors (Lipinski definition) is 2. The van der Waals surface area contributed by atoms with Crippen molar-refractivity contribution >= 4 is 12.3 Å². The van der Waals surface area contributed by atoms with E-state index < -0.39 is 22.0 Å². The first-order valence-electron chi connectivity index (χ1n) is 13.3. The van der Waals surface area contributed by atoms with E-state index in [1.54, 1.807) is 0 Å². The molecule has 4 saturated carbocycles. The molecule has 0 amide bonds. The van der Waals surface area contributed by atoms with Crippen molar-refractivity contribution in [2.24, 2.45) is 22.7 Å². The second kappa shape index (κ2) is 8.55. The summed E-state index contributed by atoms with van der Waals surface area (Å²) < 4.78 is 10.8. The van der Waals surface area contributed by atoms with Gasteiger partial charge in [0, 0.05) is 24.3 Å². The van der Waals surface area contributed by atoms with Crippen LogP contribution in [-0.4, -0.2) is 39.8 Å². The van der Waals surface area contributed by atoms with Crippen LogP contribution in [0.5, 0.6) is 0 Å². The molecule has 4 aliphatic rings. The molecule has 0 spiro atoms. The first-order valence-corrected chi connectivity index (χ1v) is 13.3. The third kappa shape index (κ3) is 3.48. The van der Waals surface area contributed by atoms with Crippen LogP contribution in [0.3, 0.4) is 0 Å². The van der Waals surface area contributed by atoms with E-state index in [9.17, 15) is 24.6 Å². The zero-order valence-corrected chi connectivity index (χ0v) is 20.8. The average Bonchev–Trinajstić information content (AvgIpc) is 3.10. The van der Waals surface area contributed by atoms with Crippen molar-refractivity contribution in [2.75, 3.05) is 0 Å². The lowest BCUT2D eigenvalue weighted by Gasteiger charge is -2.65. The molecule has 0 bridgehead atoms. The van der Waals surface area contributed by atoms with Crippen molar-refractivity contribution in [2.45, 2.75) is 108 Å². The number of carbonyl (C=O) groups excluding carboxylic acids is 2. The number of aliphatic hydroxyl groups is 2. The van der Waals surface area contributed by atoms with Crippen LogP contribution in [0, 0.1) is 22.7 Å². The van der Waals surface area contributed by atoms with Gasteiger partial charge in [-0.05, 0) is 87.2 Å². The fourth-order valence-electron chi connectivity index (χ4n) is 8.78. The Hall–Kier alpha value is -1.99. The second-order valence-electron chi connectivity index (χ2n) is 11.9. The van der Waals surface area contributed by atoms with Crippen molar-refractivity contribution in [3.63, 3.8) is 0 Å². The molecule has 0 aromatic carbocycles. The van der Waals surface area contributed by atoms with E-state index in [0.717, 1.165) is 31.1 Å². The molecule has 0 saturated heterocycles. The van der Waals surface area contributed by atoms with Gasteiger partial charge in [-0.15, -0.1) is 0 Å². The molecule has 4 fully saturated rings. The standard InChI is InChI=1S/C28H38O7/c1-3-4-24(31)35-19-7-12-26(17-29)21-8-11-25(2)20(18-5-6-23(30)34-16-18)10-14-28(25,33)22(21)9-13-27(26,32)15-19/h5-6,16-17,19-22,32-33H,3-4,7-15H2,1-2H3. The molecule has 8 unspecified atom stereocenters. The highest BCUT2D eigenvalue weighted by Crippen LogP contribution is 2.71. The van der Waals surface area contributed by atoms with E-state index in [0.29, 0.717) is 44.9 Å². The number of esters is 1. The van der Waals surface area contributed by atoms with Crippen molar-refractivity contribution in [3.8, 4) is 0 Å². The van der Waals surface area contributed by atoms with Crippen molar-refractivity contribution in [3.05, 3.63) is 34.4 Å². The number of ether oxygens (including phenoxy) is 1. The SMILES string of the molecule is CCCC(=O)OC1CCC2(C=O)C3CCC4(C)C(c5ccc(=O)oc5)CCC4(O)C3CCC2(O)C1. The van der Waals surface area contributed by atoms with Crippen LogP contribution in [0.25, 0.3) is 0 Å². The fraction of sp³-hybridized carbons (Fsp3) is 0.750. The minimum Gasteiger partial charge on any atom is -0.462 e. The summed E-state index contributed by atoms with van der Waals surface area (Å²) in [5.74, 6) is -0.382. The van der Waals surface area contributed by atoms with E-state index in [-0.39, 0.29) is 41.9 Å². The van der Waals surface area contributed by atoms with Crippen molar-refractivity contribution < 1.29 is 29.0 Å². The van der Waals surface area contributed by atoms with Gasteiger partial charge in [-0.25, -0.2) is 4.79 Å². The summed E-state index contributed by atoms with van der Waals surface area (Å²) in [5.41, 5.74) is -2.97. The molecule has 192 valence electrons. The Labute approximate surface area is 206 Å². The van der Waals surface area contributed by atoms with Crippen LogP contribution < -0.4 is 5.63 Å². The van der Waals surface area contributed by atoms with E-state index in [4.69, 9.17) is 9.15 Å². The van der Waals surface area contributed by atoms with E-state index >= 15 is 0 Å². The highest BCUT2D eigenvalue weighted by atomic mass is 16.5. The maximum Gasteiger partial charge on any atom is 0.335 e. The monoisotopic (exact) mass is 486 g/mol. The molecule has 0 radical (unpaired) electrons. The van der Waals surface area contributed by atoms with Crippen molar-refractivity contribution in [1.82, 2.24) is 0 Å². The quantitative estimate of drug-likeness (QED) is 0.479. The van der Waals surface area contributed by atoms with Gasteiger partial charge in [-0.2, -0.15) is 0 Å². The summed E-state index contributed by atoms with van der Waals surface area (Å²) in [6.07, 6.45) is 8.45. The Kier molecular flexibility index (Phi) is 6.03. The minimum atomic E-state index is -1.23. The van der Waals surface area contributed by atoms with Gasteiger partial charge in [0.15, 0.2) is 0 Å². The summed E-state index contributed by atoms with van der Waals surface area (Å²) in [6.45, 7) is 4.07. The predicted molar refractivity (Wildman–Crippen MR) is 128 cm³/mol. The lowest BCUT2D eigenvalue weighted by atomic mass is 9.41. The second-order valence-corrected chi connectivity index (χ2v) is 11.9. The summed E-state index contributed by atoms with van der Waals surface area (Å²) in [5, 5.41) is 24.2. The first kappa shape index (κ1) is 24.7. The smallest absolute Gasteiger partial charge is 0.335 e. The largest absolute Gasteiger partial charge is 0.462 e. The number of carbonyl (C=O) groups is 2. The molecule has 8 atom stereocenters. The summed E-state index contributed by atoms with van der Waals surface area (Å²) in [4.78, 5) is 36.4. The molecule has 1 heterocycles. The Morgan fingerprint density at radius 2 is 1.89 bits per heavy atom. The van der Waals surface area contributed by atoms with Gasteiger partial charge in [0.1, 0.15) is 12.4 Å². The number of rotatable bonds is 5. The Morgan fingerprint density at radius 3 is 2.57 bits per heavy atom. The summed E-state index contributed by atoms with van der Waals surface area (Å²) in [7, 11) is 0. The van der Waals surface area contributed by atoms with Gasteiger partial charge in [0.2, 0.25) is 0 Å². The molecule has 1 aromatic heterocycles. The molecular weight excluding hydrogens is 448 g/mol. The molecule has 7 nitrogen and oxygen atoms in total. The average molecular weight is 487 g/mol. The maximum absolute atomic E-state index is 12.8. The summed E-state index contributed by atoms with van der Waals surface area (Å²) >= 11 is 0. The number of fused-ring (bicyclic) bond motifs is 5. The highest BCUT2D eigenvalue weighted by molar-refractivity contribution is 5.69. The molecule has 4 aliphatic carbocycles. The van der Waals surface area contributed by atoms with Gasteiger partial charge in [-0.3, -0.25) is 4.79 Å². The molecule has 35 heavy (non-hydrogen) atoms. The van der Waals surface area contributed by atoms with Crippen LogP contribution in [0.2, 0.25) is 0 Å². The van der Waals surface area contributed by atoms with Crippen molar-refractivity contribution in [1.29, 1.82) is 0 Å². The Morgan fingerprint density at radius 1 is 1.11 bits per heavy atom. The van der Waals surface area contributed by atoms with E-state index in [1.165, 1.54) is 12.3 Å². The van der Waals surface area contributed by atoms with Gasteiger partial charge in [0.05, 0.1) is 22.9 Å². The van der Waals surface area contributed by atoms with Gasteiger partial charge in [-0.1, -0.05) is 13.8 Å². The zero-order valence-electron chi connectivity index (χ0n) is 20.8. The van der Waals surface area contributed by atoms with Crippen LogP contribution in [-0.2, 0) is 14.3 Å². The van der Waals surface area contributed by atoms with Crippen LogP contribution in [0.4, 0.5) is 0 Å². The van der Waals surface area contributed by atoms with Gasteiger partial charge >= 0.3 is 11.6 Å². The van der Waals surface area contributed by atoms with Crippen LogP contribution in [0.15, 0.2) is 27.6 Å². The van der Waals surface area contributed by atoms with E-state index in [2.05, 4.69) is 6.92 Å². The third-order valence-corrected chi connectivity index (χ3v) is 10.6. The lowest BCUT2D eigenvalue weighted by Crippen LogP contribution is -2.68. The van der Waals surface area contributed by atoms with Gasteiger partial charge < -0.3 is 24.2 Å². The molecule has 7 heteroatoms. The van der Waals surface area contributed by atoms with Gasteiger partial charge in [0.25, 0.3) is 0 Å². The molecule has 5 rings (SSSR count). The van der Waals surface area contributed by atoms with Crippen LogP contribution >= 0.6 is 0 Å². The Balaban J connectivity index is 1.43. The normalized spacial score (nSPS) is 44.6.